The second-order valence-electron chi connectivity index (χ2n) is 11.5. The fourth-order valence-electron chi connectivity index (χ4n) is 6.87. The summed E-state index contributed by atoms with van der Waals surface area (Å²) in [5.74, 6) is 2.95. The molecule has 0 saturated heterocycles. The molecule has 0 aromatic heterocycles. The van der Waals surface area contributed by atoms with Crippen LogP contribution in [0.1, 0.15) is 117 Å². The second-order valence-corrected chi connectivity index (χ2v) is 11.5. The van der Waals surface area contributed by atoms with Gasteiger partial charge < -0.3 is 9.22 Å². The lowest BCUT2D eigenvalue weighted by atomic mass is 9.54. The third-order valence-corrected chi connectivity index (χ3v) is 8.47. The average molecular weight is 393 g/mol. The minimum Gasteiger partial charge on any atom is -0.323 e. The predicted octanol–water partition coefficient (Wildman–Crippen LogP) is 7.32. The zero-order valence-corrected chi connectivity index (χ0v) is 19.7. The molecule has 0 aromatic rings. The van der Waals surface area contributed by atoms with E-state index in [-0.39, 0.29) is 5.60 Å². The normalized spacial score (nSPS) is 32.8. The third-order valence-electron chi connectivity index (χ3n) is 8.47. The van der Waals surface area contributed by atoms with Crippen molar-refractivity contribution in [1.29, 1.82) is 0 Å². The second kappa shape index (κ2) is 10.3. The van der Waals surface area contributed by atoms with Crippen LogP contribution in [0.25, 0.3) is 0 Å². The molecule has 0 N–H and O–H groups in total. The maximum absolute atomic E-state index is 6.93. The molecule has 4 aliphatic rings. The van der Waals surface area contributed by atoms with Crippen LogP contribution >= 0.6 is 0 Å². The van der Waals surface area contributed by atoms with Gasteiger partial charge in [0, 0.05) is 6.92 Å². The Morgan fingerprint density at radius 3 is 1.64 bits per heavy atom. The van der Waals surface area contributed by atoms with Crippen molar-refractivity contribution in [2.45, 2.75) is 128 Å². The zero-order chi connectivity index (χ0) is 20.0. The number of unbranched alkanes of at least 4 members (excludes halogenated alkanes) is 9. The van der Waals surface area contributed by atoms with Gasteiger partial charge in [-0.15, -0.1) is 0 Å². The van der Waals surface area contributed by atoms with Gasteiger partial charge in [-0.1, -0.05) is 58.3 Å². The minimum absolute atomic E-state index is 0.251. The average Bonchev–Trinajstić information content (AvgIpc) is 2.61. The number of hydrogen-bond donors (Lipinski definition) is 0. The Balaban J connectivity index is 1.30. The summed E-state index contributed by atoms with van der Waals surface area (Å²) in [7, 11) is 4.80. The fourth-order valence-corrected chi connectivity index (χ4v) is 6.87. The molecule has 4 rings (SSSR count). The van der Waals surface area contributed by atoms with Crippen LogP contribution in [0.15, 0.2) is 0 Å². The third kappa shape index (κ3) is 6.21. The molecule has 0 aliphatic heterocycles. The van der Waals surface area contributed by atoms with E-state index < -0.39 is 0 Å². The van der Waals surface area contributed by atoms with Crippen molar-refractivity contribution in [3.8, 4) is 0 Å². The minimum atomic E-state index is 0.251. The van der Waals surface area contributed by atoms with Gasteiger partial charge in [-0.3, -0.25) is 0 Å². The lowest BCUT2D eigenvalue weighted by molar-refractivity contribution is -0.938. The van der Waals surface area contributed by atoms with E-state index in [9.17, 15) is 0 Å². The number of hydrogen-bond acceptors (Lipinski definition) is 1. The molecule has 0 spiro atoms. The van der Waals surface area contributed by atoms with Crippen LogP contribution in [0.3, 0.4) is 0 Å². The highest BCUT2D eigenvalue weighted by molar-refractivity contribution is 5.03. The molecule has 0 heterocycles. The van der Waals surface area contributed by atoms with E-state index in [1.165, 1.54) is 109 Å². The topological polar surface area (TPSA) is 9.23 Å². The van der Waals surface area contributed by atoms with Gasteiger partial charge in [-0.05, 0) is 69.1 Å². The first kappa shape index (κ1) is 22.6. The standard InChI is InChI=1S/C26H50NO/c1-5-6-7-8-9-10-11-12-13-14-15-27(3,4)22(2)28-26-19-23-16-24(20-26)18-25(17-23)21-26/h22-25H,5-21H2,1-4H3/q+1. The van der Waals surface area contributed by atoms with Crippen molar-refractivity contribution in [2.24, 2.45) is 17.8 Å². The van der Waals surface area contributed by atoms with E-state index in [1.807, 2.05) is 0 Å². The first-order chi connectivity index (χ1) is 13.4. The van der Waals surface area contributed by atoms with Gasteiger partial charge in [0.1, 0.15) is 0 Å². The monoisotopic (exact) mass is 392 g/mol. The van der Waals surface area contributed by atoms with E-state index in [4.69, 9.17) is 4.74 Å². The molecule has 1 unspecified atom stereocenters. The highest BCUT2D eigenvalue weighted by Gasteiger charge is 2.53. The Kier molecular flexibility index (Phi) is 8.31. The first-order valence-corrected chi connectivity index (χ1v) is 12.9. The van der Waals surface area contributed by atoms with Crippen molar-refractivity contribution in [3.05, 3.63) is 0 Å². The predicted molar refractivity (Wildman–Crippen MR) is 120 cm³/mol. The van der Waals surface area contributed by atoms with E-state index in [2.05, 4.69) is 27.9 Å². The SMILES string of the molecule is CCCCCCCCCCCC[N+](C)(C)C(C)OC12CC3CC(CC(C3)C1)C2. The molecule has 4 fully saturated rings. The number of quaternary nitrogens is 1. The quantitative estimate of drug-likeness (QED) is 0.171. The lowest BCUT2D eigenvalue weighted by Crippen LogP contribution is -2.58. The van der Waals surface area contributed by atoms with Gasteiger partial charge in [0.2, 0.25) is 0 Å². The van der Waals surface area contributed by atoms with Crippen LogP contribution < -0.4 is 0 Å². The summed E-state index contributed by atoms with van der Waals surface area (Å²) in [6, 6.07) is 0. The maximum Gasteiger partial charge on any atom is 0.190 e. The van der Waals surface area contributed by atoms with E-state index >= 15 is 0 Å². The van der Waals surface area contributed by atoms with Crippen LogP contribution in [0.5, 0.6) is 0 Å². The van der Waals surface area contributed by atoms with Crippen LogP contribution in [0, 0.1) is 17.8 Å². The summed E-state index contributed by atoms with van der Waals surface area (Å²) < 4.78 is 7.97. The van der Waals surface area contributed by atoms with Crippen molar-refractivity contribution in [1.82, 2.24) is 0 Å². The molecule has 4 aliphatic carbocycles. The largest absolute Gasteiger partial charge is 0.323 e. The Morgan fingerprint density at radius 2 is 1.18 bits per heavy atom. The van der Waals surface area contributed by atoms with Crippen molar-refractivity contribution >= 4 is 0 Å². The fraction of sp³-hybridized carbons (Fsp3) is 1.00. The van der Waals surface area contributed by atoms with Crippen LogP contribution in [-0.4, -0.2) is 37.0 Å². The Hall–Kier alpha value is -0.0800. The molecule has 28 heavy (non-hydrogen) atoms. The van der Waals surface area contributed by atoms with Crippen molar-refractivity contribution < 1.29 is 9.22 Å². The molecule has 0 radical (unpaired) electrons. The molecule has 4 bridgehead atoms. The van der Waals surface area contributed by atoms with Gasteiger partial charge in [0.05, 0.1) is 26.2 Å². The molecule has 1 atom stereocenters. The summed E-state index contributed by atoms with van der Waals surface area (Å²) >= 11 is 0. The number of rotatable bonds is 14. The first-order valence-electron chi connectivity index (χ1n) is 12.9. The molecule has 0 aromatic carbocycles. The van der Waals surface area contributed by atoms with Gasteiger partial charge in [-0.2, -0.15) is 0 Å². The maximum atomic E-state index is 6.93. The van der Waals surface area contributed by atoms with Gasteiger partial charge in [-0.25, -0.2) is 0 Å². The van der Waals surface area contributed by atoms with Crippen molar-refractivity contribution in [2.75, 3.05) is 20.6 Å². The zero-order valence-electron chi connectivity index (χ0n) is 19.7. The van der Waals surface area contributed by atoms with Gasteiger partial charge in [0.25, 0.3) is 0 Å². The van der Waals surface area contributed by atoms with Gasteiger partial charge >= 0.3 is 0 Å². The van der Waals surface area contributed by atoms with Gasteiger partial charge in [0.15, 0.2) is 6.23 Å². The molecule has 4 saturated carbocycles. The smallest absolute Gasteiger partial charge is 0.190 e. The Labute approximate surface area is 176 Å². The Bertz CT molecular complexity index is 422. The van der Waals surface area contributed by atoms with Crippen molar-refractivity contribution in [3.63, 3.8) is 0 Å². The summed E-state index contributed by atoms with van der Waals surface area (Å²) in [4.78, 5) is 0. The summed E-state index contributed by atoms with van der Waals surface area (Å²) in [6.07, 6.45) is 23.2. The summed E-state index contributed by atoms with van der Waals surface area (Å²) in [5, 5.41) is 0. The van der Waals surface area contributed by atoms with Crippen LogP contribution in [0.4, 0.5) is 0 Å². The lowest BCUT2D eigenvalue weighted by Gasteiger charge is -2.57. The van der Waals surface area contributed by atoms with Crippen LogP contribution in [0.2, 0.25) is 0 Å². The van der Waals surface area contributed by atoms with E-state index in [1.54, 1.807) is 0 Å². The number of nitrogens with zero attached hydrogens (tertiary/aromatic N) is 1. The molecular formula is C26H50NO+. The summed E-state index contributed by atoms with van der Waals surface area (Å²) in [5.41, 5.74) is 0.251. The number of ether oxygens (including phenoxy) is 1. The Morgan fingerprint density at radius 1 is 0.750 bits per heavy atom. The molecule has 2 nitrogen and oxygen atoms in total. The van der Waals surface area contributed by atoms with E-state index in [0.717, 1.165) is 22.2 Å². The van der Waals surface area contributed by atoms with E-state index in [0.29, 0.717) is 6.23 Å². The summed E-state index contributed by atoms with van der Waals surface area (Å²) in [6.45, 7) is 5.92. The highest BCUT2D eigenvalue weighted by Crippen LogP contribution is 2.57. The molecule has 0 amide bonds. The molecule has 2 heteroatoms. The highest BCUT2D eigenvalue weighted by atomic mass is 16.5. The molecule has 164 valence electrons. The van der Waals surface area contributed by atoms with Crippen LogP contribution in [-0.2, 0) is 4.74 Å². The molecular weight excluding hydrogens is 342 g/mol.